The van der Waals surface area contributed by atoms with Crippen molar-refractivity contribution in [2.75, 3.05) is 5.32 Å². The minimum Gasteiger partial charge on any atom is -0.545 e. The smallest absolute Gasteiger partial charge is 0.545 e. The second kappa shape index (κ2) is 10.6. The number of phenols is 1. The summed E-state index contributed by atoms with van der Waals surface area (Å²) in [6, 6.07) is 8.13. The molecule has 2 heterocycles. The standard InChI is InChI=1S/C20H18N4O5.K/c1-2-24-10-15(20(27)28)17(11-24)22-18(26)8-7-16-14(9-21)19(29-23-16)12-3-5-13(25)6-4-12;/h3-6,10-11,25H,2,7-8H2,1H3,(H,22,26)(H,27,28);/q;+1/p-1. The molecule has 0 aliphatic heterocycles. The number of carbonyl (C=O) groups excluding carboxylic acids is 2. The van der Waals surface area contributed by atoms with E-state index in [0.29, 0.717) is 17.8 Å². The molecule has 0 spiro atoms. The van der Waals surface area contributed by atoms with Gasteiger partial charge in [0.2, 0.25) is 5.91 Å². The van der Waals surface area contributed by atoms with E-state index < -0.39 is 11.9 Å². The largest absolute Gasteiger partial charge is 1.00 e. The zero-order chi connectivity index (χ0) is 21.0. The summed E-state index contributed by atoms with van der Waals surface area (Å²) in [4.78, 5) is 23.5. The minimum absolute atomic E-state index is 0. The number of nitrogens with one attached hydrogen (secondary N) is 1. The SMILES string of the molecule is CCn1cc(NC(=O)CCc2noc(-c3ccc(O)cc3)c2C#N)c(C(=O)[O-])c1.[K+]. The van der Waals surface area contributed by atoms with Crippen molar-refractivity contribution in [2.45, 2.75) is 26.3 Å². The molecule has 10 heteroatoms. The molecular weight excluding hydrogens is 415 g/mol. The Kier molecular flexibility index (Phi) is 8.39. The van der Waals surface area contributed by atoms with Crippen molar-refractivity contribution in [1.82, 2.24) is 9.72 Å². The molecule has 30 heavy (non-hydrogen) atoms. The molecule has 0 fully saturated rings. The average molecular weight is 432 g/mol. The average Bonchev–Trinajstić information content (AvgIpc) is 3.30. The molecule has 2 aromatic heterocycles. The summed E-state index contributed by atoms with van der Waals surface area (Å²) in [6.45, 7) is 2.38. The van der Waals surface area contributed by atoms with Gasteiger partial charge in [-0.05, 0) is 31.2 Å². The number of hydrogen-bond donors (Lipinski definition) is 2. The molecule has 1 aromatic carbocycles. The molecule has 0 aliphatic rings. The van der Waals surface area contributed by atoms with E-state index in [1.165, 1.54) is 24.5 Å². The fraction of sp³-hybridized carbons (Fsp3) is 0.200. The van der Waals surface area contributed by atoms with Gasteiger partial charge in [0.05, 0.1) is 11.7 Å². The summed E-state index contributed by atoms with van der Waals surface area (Å²) >= 11 is 0. The van der Waals surface area contributed by atoms with E-state index in [0.717, 1.165) is 0 Å². The molecule has 0 saturated carbocycles. The maximum absolute atomic E-state index is 12.3. The Morgan fingerprint density at radius 1 is 1.30 bits per heavy atom. The third-order valence-electron chi connectivity index (χ3n) is 4.33. The van der Waals surface area contributed by atoms with Gasteiger partial charge in [-0.3, -0.25) is 4.79 Å². The van der Waals surface area contributed by atoms with Crippen molar-refractivity contribution in [1.29, 1.82) is 5.26 Å². The van der Waals surface area contributed by atoms with Crippen molar-refractivity contribution < 1.29 is 75.7 Å². The van der Waals surface area contributed by atoms with Crippen molar-refractivity contribution in [3.63, 3.8) is 0 Å². The predicted molar refractivity (Wildman–Crippen MR) is 99.7 cm³/mol. The van der Waals surface area contributed by atoms with Crippen LogP contribution in [0.1, 0.15) is 35.0 Å². The molecule has 0 unspecified atom stereocenters. The van der Waals surface area contributed by atoms with Crippen LogP contribution in [0.25, 0.3) is 11.3 Å². The van der Waals surface area contributed by atoms with Crippen LogP contribution in [0.5, 0.6) is 5.75 Å². The van der Waals surface area contributed by atoms with Crippen LogP contribution in [0.15, 0.2) is 41.2 Å². The molecule has 0 saturated heterocycles. The van der Waals surface area contributed by atoms with Crippen LogP contribution in [0.3, 0.4) is 0 Å². The number of nitriles is 1. The Hall–Kier alpha value is -2.42. The van der Waals surface area contributed by atoms with Gasteiger partial charge in [-0.25, -0.2) is 0 Å². The van der Waals surface area contributed by atoms with E-state index in [4.69, 9.17) is 4.52 Å². The predicted octanol–water partition coefficient (Wildman–Crippen LogP) is -1.32. The Morgan fingerprint density at radius 2 is 2.00 bits per heavy atom. The van der Waals surface area contributed by atoms with Crippen LogP contribution in [-0.4, -0.2) is 26.7 Å². The fourth-order valence-electron chi connectivity index (χ4n) is 2.82. The number of carbonyl (C=O) groups is 2. The van der Waals surface area contributed by atoms with E-state index >= 15 is 0 Å². The number of aromatic nitrogens is 2. The number of phenolic OH excluding ortho intramolecular Hbond substituents is 1. The van der Waals surface area contributed by atoms with Gasteiger partial charge in [0.25, 0.3) is 0 Å². The van der Waals surface area contributed by atoms with Crippen molar-refractivity contribution >= 4 is 17.6 Å². The van der Waals surface area contributed by atoms with E-state index in [1.807, 2.05) is 13.0 Å². The van der Waals surface area contributed by atoms with Crippen molar-refractivity contribution in [2.24, 2.45) is 0 Å². The van der Waals surface area contributed by atoms with E-state index in [2.05, 4.69) is 10.5 Å². The Morgan fingerprint density at radius 3 is 2.60 bits per heavy atom. The van der Waals surface area contributed by atoms with Gasteiger partial charge in [0.1, 0.15) is 23.1 Å². The van der Waals surface area contributed by atoms with Gasteiger partial charge in [-0.1, -0.05) is 5.16 Å². The van der Waals surface area contributed by atoms with Crippen LogP contribution >= 0.6 is 0 Å². The molecule has 3 aromatic rings. The Labute approximate surface area is 214 Å². The van der Waals surface area contributed by atoms with Gasteiger partial charge in [-0.2, -0.15) is 5.26 Å². The second-order valence-electron chi connectivity index (χ2n) is 6.24. The summed E-state index contributed by atoms with van der Waals surface area (Å²) < 4.78 is 6.88. The number of nitrogens with zero attached hydrogens (tertiary/aromatic N) is 3. The third-order valence-corrected chi connectivity index (χ3v) is 4.33. The summed E-state index contributed by atoms with van der Waals surface area (Å²) in [5.74, 6) is -1.48. The third kappa shape index (κ3) is 5.38. The monoisotopic (exact) mass is 432 g/mol. The number of hydrogen-bond acceptors (Lipinski definition) is 7. The summed E-state index contributed by atoms with van der Waals surface area (Å²) in [7, 11) is 0. The van der Waals surface area contributed by atoms with Gasteiger partial charge < -0.3 is 29.4 Å². The number of anilines is 1. The molecule has 9 nitrogen and oxygen atoms in total. The Bertz CT molecular complexity index is 1100. The van der Waals surface area contributed by atoms with Crippen LogP contribution in [-0.2, 0) is 17.8 Å². The van der Waals surface area contributed by atoms with E-state index in [-0.39, 0.29) is 92.6 Å². The number of aromatic hydroxyl groups is 1. The summed E-state index contributed by atoms with van der Waals surface area (Å²) in [5.41, 5.74) is 1.14. The van der Waals surface area contributed by atoms with Gasteiger partial charge in [0.15, 0.2) is 5.76 Å². The Balaban J connectivity index is 0.00000320. The summed E-state index contributed by atoms with van der Waals surface area (Å²) in [5, 5.41) is 36.5. The molecular formula is C20H17KN4O5. The zero-order valence-corrected chi connectivity index (χ0v) is 19.6. The van der Waals surface area contributed by atoms with Gasteiger partial charge >= 0.3 is 51.4 Å². The molecule has 2 N–H and O–H groups in total. The first kappa shape index (κ1) is 23.9. The van der Waals surface area contributed by atoms with Crippen LogP contribution in [0.4, 0.5) is 5.69 Å². The number of carboxylic acids is 1. The van der Waals surface area contributed by atoms with Gasteiger partial charge in [0, 0.05) is 42.9 Å². The van der Waals surface area contributed by atoms with E-state index in [1.54, 1.807) is 16.7 Å². The fourth-order valence-corrected chi connectivity index (χ4v) is 2.82. The number of aromatic carboxylic acids is 1. The molecule has 1 amide bonds. The minimum atomic E-state index is -1.38. The second-order valence-corrected chi connectivity index (χ2v) is 6.24. The normalized spacial score (nSPS) is 10.1. The molecule has 0 bridgehead atoms. The number of amides is 1. The quantitative estimate of drug-likeness (QED) is 0.441. The maximum atomic E-state index is 12.3. The zero-order valence-electron chi connectivity index (χ0n) is 16.5. The van der Waals surface area contributed by atoms with Crippen LogP contribution < -0.4 is 61.8 Å². The van der Waals surface area contributed by atoms with Crippen molar-refractivity contribution in [3.8, 4) is 23.1 Å². The van der Waals surface area contributed by atoms with Gasteiger partial charge in [-0.15, -0.1) is 0 Å². The molecule has 0 aliphatic carbocycles. The molecule has 148 valence electrons. The topological polar surface area (TPSA) is 144 Å². The first-order valence-corrected chi connectivity index (χ1v) is 8.82. The first-order chi connectivity index (χ1) is 13.9. The number of benzene rings is 1. The number of carboxylic acid groups (broad SMARTS) is 1. The van der Waals surface area contributed by atoms with Crippen LogP contribution in [0.2, 0.25) is 0 Å². The number of aryl methyl sites for hydroxylation is 2. The van der Waals surface area contributed by atoms with Crippen molar-refractivity contribution in [3.05, 3.63) is 53.5 Å². The molecule has 0 radical (unpaired) electrons. The molecule has 0 atom stereocenters. The van der Waals surface area contributed by atoms with E-state index in [9.17, 15) is 25.1 Å². The number of rotatable bonds is 7. The maximum Gasteiger partial charge on any atom is 1.00 e. The first-order valence-electron chi connectivity index (χ1n) is 8.82. The van der Waals surface area contributed by atoms with Crippen LogP contribution in [0, 0.1) is 11.3 Å². The molecule has 3 rings (SSSR count). The summed E-state index contributed by atoms with van der Waals surface area (Å²) in [6.07, 6.45) is 3.01.